The number of hydrogen-bond acceptors (Lipinski definition) is 3. The molecule has 0 saturated carbocycles. The van der Waals surface area contributed by atoms with Crippen molar-refractivity contribution < 1.29 is 14.6 Å². The van der Waals surface area contributed by atoms with Crippen LogP contribution in [0.3, 0.4) is 0 Å². The number of nitrogens with one attached hydrogen (secondary N) is 1. The fraction of sp³-hybridized carbons (Fsp3) is 0.769. The maximum atomic E-state index is 11.8. The molecule has 1 heterocycles. The Morgan fingerprint density at radius 1 is 1.50 bits per heavy atom. The highest BCUT2D eigenvalue weighted by molar-refractivity contribution is 5.74. The Labute approximate surface area is 109 Å². The Hall–Kier alpha value is -1.07. The number of rotatable bonds is 6. The lowest BCUT2D eigenvalue weighted by Crippen LogP contribution is -2.45. The predicted octanol–water partition coefficient (Wildman–Crippen LogP) is 0.993. The maximum Gasteiger partial charge on any atom is 0.317 e. The fourth-order valence-electron chi connectivity index (χ4n) is 1.91. The SMILES string of the molecule is C=C(C)COCCNC(=O)N1CCC(CO)CC1. The molecule has 1 rings (SSSR count). The lowest BCUT2D eigenvalue weighted by molar-refractivity contribution is 0.131. The molecule has 5 nitrogen and oxygen atoms in total. The molecule has 2 amide bonds. The number of aliphatic hydroxyl groups excluding tert-OH is 1. The molecule has 0 atom stereocenters. The van der Waals surface area contributed by atoms with Crippen LogP contribution in [0.5, 0.6) is 0 Å². The van der Waals surface area contributed by atoms with Gasteiger partial charge in [0.2, 0.25) is 0 Å². The topological polar surface area (TPSA) is 61.8 Å². The lowest BCUT2D eigenvalue weighted by Gasteiger charge is -2.31. The van der Waals surface area contributed by atoms with Crippen LogP contribution in [0.1, 0.15) is 19.8 Å². The smallest absolute Gasteiger partial charge is 0.317 e. The van der Waals surface area contributed by atoms with Gasteiger partial charge in [0.25, 0.3) is 0 Å². The normalized spacial score (nSPS) is 16.7. The van der Waals surface area contributed by atoms with Gasteiger partial charge in [0.1, 0.15) is 0 Å². The van der Waals surface area contributed by atoms with Gasteiger partial charge in [-0.05, 0) is 25.7 Å². The predicted molar refractivity (Wildman–Crippen MR) is 70.4 cm³/mol. The van der Waals surface area contributed by atoms with Crippen molar-refractivity contribution in [2.45, 2.75) is 19.8 Å². The Balaban J connectivity index is 2.08. The van der Waals surface area contributed by atoms with E-state index in [1.165, 1.54) is 0 Å². The number of carbonyl (C=O) groups excluding carboxylic acids is 1. The minimum Gasteiger partial charge on any atom is -0.396 e. The third-order valence-corrected chi connectivity index (χ3v) is 3.03. The van der Waals surface area contributed by atoms with Gasteiger partial charge in [-0.1, -0.05) is 12.2 Å². The summed E-state index contributed by atoms with van der Waals surface area (Å²) in [5, 5.41) is 11.8. The number of carbonyl (C=O) groups is 1. The van der Waals surface area contributed by atoms with Gasteiger partial charge in [-0.2, -0.15) is 0 Å². The molecule has 2 N–H and O–H groups in total. The van der Waals surface area contributed by atoms with Gasteiger partial charge in [-0.3, -0.25) is 0 Å². The Bertz CT molecular complexity index is 273. The summed E-state index contributed by atoms with van der Waals surface area (Å²) < 4.78 is 5.30. The number of aliphatic hydroxyl groups is 1. The molecule has 0 unspecified atom stereocenters. The maximum absolute atomic E-state index is 11.8. The molecule has 104 valence electrons. The summed E-state index contributed by atoms with van der Waals surface area (Å²) in [6, 6.07) is -0.0367. The summed E-state index contributed by atoms with van der Waals surface area (Å²) >= 11 is 0. The van der Waals surface area contributed by atoms with Gasteiger partial charge in [0.05, 0.1) is 13.2 Å². The first-order valence-corrected chi connectivity index (χ1v) is 6.49. The first kappa shape index (κ1) is 15.0. The minimum atomic E-state index is -0.0367. The van der Waals surface area contributed by atoms with Crippen molar-refractivity contribution in [1.29, 1.82) is 0 Å². The van der Waals surface area contributed by atoms with Gasteiger partial charge in [-0.25, -0.2) is 4.79 Å². The first-order chi connectivity index (χ1) is 8.63. The van der Waals surface area contributed by atoms with Crippen molar-refractivity contribution >= 4 is 6.03 Å². The number of hydrogen-bond donors (Lipinski definition) is 2. The number of piperidine rings is 1. The third-order valence-electron chi connectivity index (χ3n) is 3.03. The average molecular weight is 256 g/mol. The quantitative estimate of drug-likeness (QED) is 0.550. The largest absolute Gasteiger partial charge is 0.396 e. The molecule has 1 fully saturated rings. The van der Waals surface area contributed by atoms with E-state index in [-0.39, 0.29) is 12.6 Å². The Kier molecular flexibility index (Phi) is 6.75. The molecule has 5 heteroatoms. The molecule has 0 aliphatic carbocycles. The van der Waals surface area contributed by atoms with Crippen LogP contribution in [0.4, 0.5) is 4.79 Å². The fourth-order valence-corrected chi connectivity index (χ4v) is 1.91. The summed E-state index contributed by atoms with van der Waals surface area (Å²) in [7, 11) is 0. The van der Waals surface area contributed by atoms with E-state index in [2.05, 4.69) is 11.9 Å². The second-order valence-electron chi connectivity index (χ2n) is 4.85. The van der Waals surface area contributed by atoms with Crippen molar-refractivity contribution in [3.8, 4) is 0 Å². The molecule has 0 aromatic carbocycles. The van der Waals surface area contributed by atoms with E-state index >= 15 is 0 Å². The summed E-state index contributed by atoms with van der Waals surface area (Å²) in [4.78, 5) is 13.6. The third kappa shape index (κ3) is 5.51. The molecule has 1 aliphatic heterocycles. The van der Waals surface area contributed by atoms with Gasteiger partial charge < -0.3 is 20.1 Å². The van der Waals surface area contributed by atoms with E-state index in [0.29, 0.717) is 25.7 Å². The Morgan fingerprint density at radius 3 is 2.72 bits per heavy atom. The van der Waals surface area contributed by atoms with Crippen molar-refractivity contribution in [3.63, 3.8) is 0 Å². The summed E-state index contributed by atoms with van der Waals surface area (Å²) in [5.74, 6) is 0.355. The van der Waals surface area contributed by atoms with E-state index in [9.17, 15) is 4.79 Å². The molecule has 0 bridgehead atoms. The standard InChI is InChI=1S/C13H24N2O3/c1-11(2)10-18-8-5-14-13(17)15-6-3-12(9-16)4-7-15/h12,16H,1,3-10H2,2H3,(H,14,17). The lowest BCUT2D eigenvalue weighted by atomic mass is 9.98. The molecule has 0 spiro atoms. The number of likely N-dealkylation sites (tertiary alicyclic amines) is 1. The minimum absolute atomic E-state index is 0.0367. The molecule has 0 radical (unpaired) electrons. The second-order valence-corrected chi connectivity index (χ2v) is 4.85. The zero-order valence-corrected chi connectivity index (χ0v) is 11.2. The zero-order valence-electron chi connectivity index (χ0n) is 11.2. The molecular formula is C13H24N2O3. The average Bonchev–Trinajstić information content (AvgIpc) is 2.38. The van der Waals surface area contributed by atoms with Crippen LogP contribution in [0.15, 0.2) is 12.2 Å². The summed E-state index contributed by atoms with van der Waals surface area (Å²) in [5.41, 5.74) is 0.979. The monoisotopic (exact) mass is 256 g/mol. The highest BCUT2D eigenvalue weighted by Crippen LogP contribution is 2.15. The molecular weight excluding hydrogens is 232 g/mol. The van der Waals surface area contributed by atoms with E-state index < -0.39 is 0 Å². The summed E-state index contributed by atoms with van der Waals surface area (Å²) in [6.45, 7) is 8.89. The van der Waals surface area contributed by atoms with Crippen LogP contribution >= 0.6 is 0 Å². The van der Waals surface area contributed by atoms with Crippen LogP contribution in [-0.4, -0.2) is 55.5 Å². The Morgan fingerprint density at radius 2 is 2.17 bits per heavy atom. The van der Waals surface area contributed by atoms with Crippen LogP contribution < -0.4 is 5.32 Å². The van der Waals surface area contributed by atoms with Gasteiger partial charge in [0, 0.05) is 26.2 Å². The van der Waals surface area contributed by atoms with Crippen molar-refractivity contribution in [1.82, 2.24) is 10.2 Å². The van der Waals surface area contributed by atoms with Gasteiger partial charge in [-0.15, -0.1) is 0 Å². The number of nitrogens with zero attached hydrogens (tertiary/aromatic N) is 1. The number of ether oxygens (including phenoxy) is 1. The van der Waals surface area contributed by atoms with Gasteiger partial charge >= 0.3 is 6.03 Å². The molecule has 0 aromatic heterocycles. The van der Waals surface area contributed by atoms with Crippen LogP contribution in [0.2, 0.25) is 0 Å². The molecule has 0 aromatic rings. The molecule has 1 aliphatic rings. The van der Waals surface area contributed by atoms with Crippen molar-refractivity contribution in [2.75, 3.05) is 39.5 Å². The summed E-state index contributed by atoms with van der Waals surface area (Å²) in [6.07, 6.45) is 1.77. The van der Waals surface area contributed by atoms with Crippen LogP contribution in [0.25, 0.3) is 0 Å². The highest BCUT2D eigenvalue weighted by Gasteiger charge is 2.21. The van der Waals surface area contributed by atoms with E-state index in [4.69, 9.17) is 9.84 Å². The molecule has 1 saturated heterocycles. The van der Waals surface area contributed by atoms with Crippen molar-refractivity contribution in [2.24, 2.45) is 5.92 Å². The molecule has 18 heavy (non-hydrogen) atoms. The van der Waals surface area contributed by atoms with Crippen LogP contribution in [0, 0.1) is 5.92 Å². The van der Waals surface area contributed by atoms with Crippen LogP contribution in [-0.2, 0) is 4.74 Å². The zero-order chi connectivity index (χ0) is 13.4. The van der Waals surface area contributed by atoms with E-state index in [1.54, 1.807) is 4.90 Å². The number of urea groups is 1. The highest BCUT2D eigenvalue weighted by atomic mass is 16.5. The van der Waals surface area contributed by atoms with Gasteiger partial charge in [0.15, 0.2) is 0 Å². The van der Waals surface area contributed by atoms with Crippen molar-refractivity contribution in [3.05, 3.63) is 12.2 Å². The first-order valence-electron chi connectivity index (χ1n) is 6.49. The number of amides is 2. The van der Waals surface area contributed by atoms with E-state index in [1.807, 2.05) is 6.92 Å². The second kappa shape index (κ2) is 8.11. The van der Waals surface area contributed by atoms with E-state index in [0.717, 1.165) is 31.5 Å².